The van der Waals surface area contributed by atoms with E-state index in [-0.39, 0.29) is 11.9 Å². The van der Waals surface area contributed by atoms with E-state index in [0.29, 0.717) is 26.1 Å². The number of piperidine rings is 1. The van der Waals surface area contributed by atoms with Gasteiger partial charge in [-0.2, -0.15) is 0 Å². The van der Waals surface area contributed by atoms with E-state index in [2.05, 4.69) is 0 Å². The van der Waals surface area contributed by atoms with Crippen molar-refractivity contribution in [3.63, 3.8) is 0 Å². The van der Waals surface area contributed by atoms with E-state index in [0.717, 1.165) is 6.42 Å². The molecule has 0 bridgehead atoms. The summed E-state index contributed by atoms with van der Waals surface area (Å²) < 4.78 is 22.3. The molecule has 3 saturated heterocycles. The van der Waals surface area contributed by atoms with Crippen molar-refractivity contribution in [1.29, 1.82) is 0 Å². The molecule has 4 atom stereocenters. The summed E-state index contributed by atoms with van der Waals surface area (Å²) in [6.07, 6.45) is -0.217. The lowest BCUT2D eigenvalue weighted by molar-refractivity contribution is -0.296. The lowest BCUT2D eigenvalue weighted by Crippen LogP contribution is -2.59. The Morgan fingerprint density at radius 3 is 2.33 bits per heavy atom. The summed E-state index contributed by atoms with van der Waals surface area (Å²) in [7, 11) is 0. The van der Waals surface area contributed by atoms with Gasteiger partial charge in [-0.3, -0.25) is 14.4 Å². The average molecular weight is 341 g/mol. The van der Waals surface area contributed by atoms with Crippen LogP contribution >= 0.6 is 0 Å². The predicted molar refractivity (Wildman–Crippen MR) is 79.7 cm³/mol. The molecule has 0 unspecified atom stereocenters. The number of nitrogens with zero attached hydrogens (tertiary/aromatic N) is 1. The second kappa shape index (κ2) is 6.33. The standard InChI is InChI=1S/C16H23NO7/c1-9-7-16(21-5-4-6-22-16)8-12-13(23-10(2)18)14(24-11(3)19)15(20)17(9)12/h9,12-14H,4-8H2,1-3H3/t9-,12-,13-,14+/m1/s1. The third-order valence-corrected chi connectivity index (χ3v) is 4.75. The van der Waals surface area contributed by atoms with E-state index in [1.165, 1.54) is 13.8 Å². The van der Waals surface area contributed by atoms with Crippen LogP contribution in [0.5, 0.6) is 0 Å². The minimum absolute atomic E-state index is 0.173. The van der Waals surface area contributed by atoms with Crippen molar-refractivity contribution in [2.24, 2.45) is 0 Å². The molecule has 8 nitrogen and oxygen atoms in total. The molecule has 3 heterocycles. The van der Waals surface area contributed by atoms with E-state index in [1.54, 1.807) is 4.90 Å². The van der Waals surface area contributed by atoms with Crippen molar-refractivity contribution in [3.8, 4) is 0 Å². The highest BCUT2D eigenvalue weighted by molar-refractivity contribution is 5.88. The molecule has 0 aromatic rings. The Labute approximate surface area is 140 Å². The molecule has 0 radical (unpaired) electrons. The van der Waals surface area contributed by atoms with Gasteiger partial charge < -0.3 is 23.8 Å². The van der Waals surface area contributed by atoms with Crippen molar-refractivity contribution in [1.82, 2.24) is 4.90 Å². The summed E-state index contributed by atoms with van der Waals surface area (Å²) in [6, 6.07) is -0.611. The van der Waals surface area contributed by atoms with Gasteiger partial charge in [-0.25, -0.2) is 0 Å². The first-order valence-electron chi connectivity index (χ1n) is 8.27. The zero-order chi connectivity index (χ0) is 17.5. The predicted octanol–water partition coefficient (Wildman–Crippen LogP) is 0.376. The summed E-state index contributed by atoms with van der Waals surface area (Å²) in [5.41, 5.74) is 0. The summed E-state index contributed by atoms with van der Waals surface area (Å²) in [5, 5.41) is 0. The molecule has 3 fully saturated rings. The number of esters is 2. The molecule has 3 aliphatic heterocycles. The number of rotatable bonds is 2. The van der Waals surface area contributed by atoms with Crippen LogP contribution in [0.1, 0.15) is 40.0 Å². The second-order valence-corrected chi connectivity index (χ2v) is 6.64. The molecule has 24 heavy (non-hydrogen) atoms. The molecule has 134 valence electrons. The van der Waals surface area contributed by atoms with Gasteiger partial charge in [-0.15, -0.1) is 0 Å². The molecule has 1 amide bonds. The quantitative estimate of drug-likeness (QED) is 0.670. The fourth-order valence-electron chi connectivity index (χ4n) is 4.00. The van der Waals surface area contributed by atoms with E-state index < -0.39 is 36.0 Å². The first-order valence-corrected chi connectivity index (χ1v) is 8.27. The molecule has 0 saturated carbocycles. The van der Waals surface area contributed by atoms with Crippen LogP contribution in [0.25, 0.3) is 0 Å². The SMILES string of the molecule is CC(=O)O[C@H]1[C@H](OC(C)=O)C(=O)N2[C@H](C)CC3(C[C@H]12)OCCCO3. The van der Waals surface area contributed by atoms with Crippen LogP contribution in [0.2, 0.25) is 0 Å². The highest BCUT2D eigenvalue weighted by Crippen LogP contribution is 2.43. The van der Waals surface area contributed by atoms with E-state index >= 15 is 0 Å². The maximum absolute atomic E-state index is 12.7. The molecule has 3 aliphatic rings. The molecule has 0 aromatic carbocycles. The van der Waals surface area contributed by atoms with E-state index in [9.17, 15) is 14.4 Å². The first kappa shape index (κ1) is 17.2. The third kappa shape index (κ3) is 3.00. The van der Waals surface area contributed by atoms with Crippen molar-refractivity contribution < 1.29 is 33.3 Å². The zero-order valence-corrected chi connectivity index (χ0v) is 14.1. The Hall–Kier alpha value is -1.67. The first-order chi connectivity index (χ1) is 11.3. The maximum Gasteiger partial charge on any atom is 0.303 e. The minimum atomic E-state index is -1.11. The molecule has 8 heteroatoms. The lowest BCUT2D eigenvalue weighted by atomic mass is 9.89. The number of fused-ring (bicyclic) bond motifs is 1. The van der Waals surface area contributed by atoms with Gasteiger partial charge in [0.2, 0.25) is 6.10 Å². The summed E-state index contributed by atoms with van der Waals surface area (Å²) >= 11 is 0. The summed E-state index contributed by atoms with van der Waals surface area (Å²) in [4.78, 5) is 37.3. The van der Waals surface area contributed by atoms with Crippen LogP contribution in [0.15, 0.2) is 0 Å². The second-order valence-electron chi connectivity index (χ2n) is 6.64. The van der Waals surface area contributed by atoms with Gasteiger partial charge in [-0.1, -0.05) is 0 Å². The van der Waals surface area contributed by atoms with Gasteiger partial charge >= 0.3 is 11.9 Å². The van der Waals surface area contributed by atoms with Gasteiger partial charge in [0.05, 0.1) is 19.3 Å². The van der Waals surface area contributed by atoms with E-state index in [4.69, 9.17) is 18.9 Å². The molecule has 3 rings (SSSR count). The van der Waals surface area contributed by atoms with Gasteiger partial charge in [0.15, 0.2) is 11.9 Å². The number of carbonyl (C=O) groups excluding carboxylic acids is 3. The Balaban J connectivity index is 1.90. The minimum Gasteiger partial charge on any atom is -0.456 e. The van der Waals surface area contributed by atoms with Gasteiger partial charge in [0, 0.05) is 32.7 Å². The fraction of sp³-hybridized carbons (Fsp3) is 0.812. The van der Waals surface area contributed by atoms with Crippen LogP contribution in [-0.4, -0.2) is 66.0 Å². The zero-order valence-electron chi connectivity index (χ0n) is 14.1. The van der Waals surface area contributed by atoms with Crippen LogP contribution in [0.3, 0.4) is 0 Å². The Kier molecular flexibility index (Phi) is 4.52. The van der Waals surface area contributed by atoms with Gasteiger partial charge in [0.25, 0.3) is 5.91 Å². The van der Waals surface area contributed by atoms with Gasteiger partial charge in [0.1, 0.15) is 0 Å². The van der Waals surface area contributed by atoms with Gasteiger partial charge in [-0.05, 0) is 13.3 Å². The van der Waals surface area contributed by atoms with Crippen molar-refractivity contribution in [3.05, 3.63) is 0 Å². The highest BCUT2D eigenvalue weighted by Gasteiger charge is 2.60. The number of hydrogen-bond donors (Lipinski definition) is 0. The third-order valence-electron chi connectivity index (χ3n) is 4.75. The molecule has 1 spiro atoms. The Bertz CT molecular complexity index is 543. The number of amides is 1. The molecule has 0 N–H and O–H groups in total. The van der Waals surface area contributed by atoms with Crippen LogP contribution < -0.4 is 0 Å². The van der Waals surface area contributed by atoms with Crippen LogP contribution in [0, 0.1) is 0 Å². The largest absolute Gasteiger partial charge is 0.456 e. The normalized spacial score (nSPS) is 34.8. The molecule has 0 aromatic heterocycles. The monoisotopic (exact) mass is 341 g/mol. The maximum atomic E-state index is 12.7. The summed E-state index contributed by atoms with van der Waals surface area (Å²) in [5.74, 6) is -2.22. The summed E-state index contributed by atoms with van der Waals surface area (Å²) in [6.45, 7) is 5.59. The van der Waals surface area contributed by atoms with Crippen molar-refractivity contribution in [2.75, 3.05) is 13.2 Å². The smallest absolute Gasteiger partial charge is 0.303 e. The van der Waals surface area contributed by atoms with E-state index in [1.807, 2.05) is 6.92 Å². The lowest BCUT2D eigenvalue weighted by Gasteiger charge is -2.48. The molecular formula is C16H23NO7. The van der Waals surface area contributed by atoms with Crippen molar-refractivity contribution >= 4 is 17.8 Å². The topological polar surface area (TPSA) is 91.4 Å². The Morgan fingerprint density at radius 1 is 1.12 bits per heavy atom. The number of carbonyl (C=O) groups is 3. The van der Waals surface area contributed by atoms with Crippen LogP contribution in [0.4, 0.5) is 0 Å². The number of ether oxygens (including phenoxy) is 4. The number of hydrogen-bond acceptors (Lipinski definition) is 7. The average Bonchev–Trinajstić information content (AvgIpc) is 2.72. The fourth-order valence-corrected chi connectivity index (χ4v) is 4.00. The molecular weight excluding hydrogens is 318 g/mol. The Morgan fingerprint density at radius 2 is 1.75 bits per heavy atom. The van der Waals surface area contributed by atoms with Crippen molar-refractivity contribution in [2.45, 2.75) is 70.1 Å². The molecule has 0 aliphatic carbocycles. The van der Waals surface area contributed by atoms with Crippen LogP contribution in [-0.2, 0) is 33.3 Å². The highest BCUT2D eigenvalue weighted by atomic mass is 16.7.